The first-order valence-corrected chi connectivity index (χ1v) is 10.9. The van der Waals surface area contributed by atoms with Gasteiger partial charge in [-0.25, -0.2) is 4.79 Å². The Kier molecular flexibility index (Phi) is 5.16. The van der Waals surface area contributed by atoms with Crippen LogP contribution in [0.4, 0.5) is 11.4 Å². The lowest BCUT2D eigenvalue weighted by Gasteiger charge is -2.07. The number of hydrogen-bond donors (Lipinski definition) is 1. The number of amides is 1. The number of carbonyl (C=O) groups is 1. The molecule has 0 aliphatic carbocycles. The van der Waals surface area contributed by atoms with Crippen LogP contribution >= 0.6 is 22.9 Å². The molecule has 5 rings (SSSR count). The van der Waals surface area contributed by atoms with Gasteiger partial charge in [-0.15, -0.1) is 11.3 Å². The highest BCUT2D eigenvalue weighted by Crippen LogP contribution is 2.40. The minimum absolute atomic E-state index is 0.108. The Balaban J connectivity index is 1.50. The number of anilines is 1. The number of benzene rings is 3. The van der Waals surface area contributed by atoms with Crippen LogP contribution in [0.15, 0.2) is 82.0 Å². The van der Waals surface area contributed by atoms with Gasteiger partial charge in [-0.3, -0.25) is 14.9 Å². The number of nitro groups is 1. The first-order valence-electron chi connectivity index (χ1n) is 9.72. The monoisotopic (exact) mass is 476 g/mol. The molecule has 3 aromatic carbocycles. The normalized spacial score (nSPS) is 11.1. The van der Waals surface area contributed by atoms with Crippen molar-refractivity contribution in [2.45, 2.75) is 0 Å². The summed E-state index contributed by atoms with van der Waals surface area (Å²) < 4.78 is 5.74. The van der Waals surface area contributed by atoms with Crippen molar-refractivity contribution in [3.8, 4) is 11.1 Å². The Bertz CT molecular complexity index is 1640. The molecule has 2 heterocycles. The molecule has 0 unspecified atom stereocenters. The summed E-state index contributed by atoms with van der Waals surface area (Å²) >= 11 is 7.33. The van der Waals surface area contributed by atoms with Crippen molar-refractivity contribution in [2.24, 2.45) is 0 Å². The summed E-state index contributed by atoms with van der Waals surface area (Å²) in [6.45, 7) is 0. The molecule has 7 nitrogen and oxygen atoms in total. The van der Waals surface area contributed by atoms with Gasteiger partial charge in [0, 0.05) is 22.5 Å². The van der Waals surface area contributed by atoms with Crippen LogP contribution in [-0.4, -0.2) is 10.8 Å². The Labute approximate surface area is 195 Å². The summed E-state index contributed by atoms with van der Waals surface area (Å²) in [6, 6.07) is 20.2. The van der Waals surface area contributed by atoms with E-state index in [2.05, 4.69) is 5.32 Å². The van der Waals surface area contributed by atoms with Gasteiger partial charge in [-0.1, -0.05) is 54.1 Å². The highest BCUT2D eigenvalue weighted by atomic mass is 35.5. The highest BCUT2D eigenvalue weighted by Gasteiger charge is 2.23. The van der Waals surface area contributed by atoms with Crippen molar-refractivity contribution in [3.05, 3.63) is 103 Å². The maximum Gasteiger partial charge on any atom is 0.344 e. The number of para-hydroxylation sites is 1. The second kappa shape index (κ2) is 8.16. The maximum absolute atomic E-state index is 12.9. The molecular formula is C24H13ClN2O5S. The Morgan fingerprint density at radius 1 is 1.03 bits per heavy atom. The molecule has 9 heteroatoms. The van der Waals surface area contributed by atoms with E-state index in [4.69, 9.17) is 16.0 Å². The lowest BCUT2D eigenvalue weighted by molar-refractivity contribution is -0.382. The van der Waals surface area contributed by atoms with Crippen LogP contribution in [0.1, 0.15) is 9.67 Å². The molecular weight excluding hydrogens is 464 g/mol. The zero-order chi connectivity index (χ0) is 23.1. The summed E-state index contributed by atoms with van der Waals surface area (Å²) in [7, 11) is 0. The van der Waals surface area contributed by atoms with Crippen LogP contribution in [0.3, 0.4) is 0 Å². The summed E-state index contributed by atoms with van der Waals surface area (Å²) in [5.74, 6) is -0.502. The molecule has 162 valence electrons. The van der Waals surface area contributed by atoms with Gasteiger partial charge in [0.1, 0.15) is 15.2 Å². The maximum atomic E-state index is 12.9. The summed E-state index contributed by atoms with van der Waals surface area (Å²) in [5, 5.41) is 15.5. The molecule has 0 radical (unpaired) electrons. The number of rotatable bonds is 4. The molecule has 0 atom stereocenters. The first kappa shape index (κ1) is 20.9. The number of hydrogen-bond acceptors (Lipinski definition) is 6. The van der Waals surface area contributed by atoms with E-state index >= 15 is 0 Å². The fourth-order valence-corrected chi connectivity index (χ4v) is 5.07. The largest absolute Gasteiger partial charge is 0.422 e. The van der Waals surface area contributed by atoms with Crippen LogP contribution in [0.25, 0.3) is 32.2 Å². The van der Waals surface area contributed by atoms with E-state index in [1.165, 1.54) is 12.1 Å². The van der Waals surface area contributed by atoms with Gasteiger partial charge in [-0.05, 0) is 29.8 Å². The second-order valence-corrected chi connectivity index (χ2v) is 8.57. The van der Waals surface area contributed by atoms with Crippen molar-refractivity contribution < 1.29 is 14.1 Å². The minimum atomic E-state index is -0.505. The predicted molar refractivity (Wildman–Crippen MR) is 129 cm³/mol. The molecule has 0 saturated heterocycles. The quantitative estimate of drug-likeness (QED) is 0.181. The SMILES string of the molecule is O=C(Nc1cccc(-c2cc3ccccc3oc2=O)c1)c1sc2c([N+](=O)[O-])cccc2c1Cl. The molecule has 0 aliphatic heterocycles. The number of nitro benzene ring substituents is 1. The summed E-state index contributed by atoms with van der Waals surface area (Å²) in [5.41, 5.74) is 1.27. The third kappa shape index (κ3) is 3.75. The molecule has 0 aliphatic rings. The lowest BCUT2D eigenvalue weighted by atomic mass is 10.1. The van der Waals surface area contributed by atoms with E-state index in [1.807, 2.05) is 12.1 Å². The van der Waals surface area contributed by atoms with Crippen LogP contribution < -0.4 is 10.9 Å². The minimum Gasteiger partial charge on any atom is -0.422 e. The first-order chi connectivity index (χ1) is 15.9. The van der Waals surface area contributed by atoms with E-state index in [1.54, 1.807) is 48.5 Å². The fourth-order valence-electron chi connectivity index (χ4n) is 3.58. The zero-order valence-corrected chi connectivity index (χ0v) is 18.3. The number of non-ortho nitro benzene ring substituents is 1. The van der Waals surface area contributed by atoms with Gasteiger partial charge in [0.2, 0.25) is 0 Å². The standard InChI is InChI=1S/C24H13ClN2O5S/c25-20-16-8-4-9-18(27(30)31)21(16)33-22(20)23(28)26-15-7-3-6-13(11-15)17-12-14-5-1-2-10-19(14)32-24(17)29/h1-12H,(H,26,28). The van der Waals surface area contributed by atoms with E-state index in [9.17, 15) is 19.7 Å². The van der Waals surface area contributed by atoms with Crippen LogP contribution in [0.2, 0.25) is 5.02 Å². The van der Waals surface area contributed by atoms with E-state index in [0.29, 0.717) is 32.5 Å². The zero-order valence-electron chi connectivity index (χ0n) is 16.7. The van der Waals surface area contributed by atoms with E-state index in [0.717, 1.165) is 16.7 Å². The molecule has 2 aromatic heterocycles. The molecule has 1 N–H and O–H groups in total. The van der Waals surface area contributed by atoms with Crippen LogP contribution in [0.5, 0.6) is 0 Å². The predicted octanol–water partition coefficient (Wildman–Crippen LogP) is 6.49. The molecule has 0 bridgehead atoms. The average Bonchev–Trinajstić information content (AvgIpc) is 3.15. The Hall–Kier alpha value is -4.01. The van der Waals surface area contributed by atoms with Gasteiger partial charge in [0.05, 0.1) is 15.5 Å². The van der Waals surface area contributed by atoms with Gasteiger partial charge >= 0.3 is 5.63 Å². The van der Waals surface area contributed by atoms with Gasteiger partial charge in [0.25, 0.3) is 11.6 Å². The summed E-state index contributed by atoms with van der Waals surface area (Å²) in [6.07, 6.45) is 0. The highest BCUT2D eigenvalue weighted by molar-refractivity contribution is 7.22. The van der Waals surface area contributed by atoms with Crippen molar-refractivity contribution in [3.63, 3.8) is 0 Å². The molecule has 0 spiro atoms. The Morgan fingerprint density at radius 3 is 2.64 bits per heavy atom. The van der Waals surface area contributed by atoms with Crippen molar-refractivity contribution in [2.75, 3.05) is 5.32 Å². The van der Waals surface area contributed by atoms with Gasteiger partial charge in [0.15, 0.2) is 0 Å². The van der Waals surface area contributed by atoms with Crippen molar-refractivity contribution in [1.82, 2.24) is 0 Å². The topological polar surface area (TPSA) is 102 Å². The molecule has 0 saturated carbocycles. The number of carbonyl (C=O) groups excluding carboxylic acids is 1. The molecule has 33 heavy (non-hydrogen) atoms. The number of thiophene rings is 1. The average molecular weight is 477 g/mol. The number of fused-ring (bicyclic) bond motifs is 2. The van der Waals surface area contributed by atoms with Gasteiger partial charge in [-0.2, -0.15) is 0 Å². The number of nitrogens with one attached hydrogen (secondary N) is 1. The van der Waals surface area contributed by atoms with E-state index < -0.39 is 16.5 Å². The van der Waals surface area contributed by atoms with Crippen molar-refractivity contribution >= 4 is 61.3 Å². The Morgan fingerprint density at radius 2 is 1.82 bits per heavy atom. The fraction of sp³-hybridized carbons (Fsp3) is 0. The van der Waals surface area contributed by atoms with Crippen LogP contribution in [-0.2, 0) is 0 Å². The van der Waals surface area contributed by atoms with Crippen LogP contribution in [0, 0.1) is 10.1 Å². The number of nitrogens with zero attached hydrogens (tertiary/aromatic N) is 1. The molecule has 1 amide bonds. The number of halogens is 1. The third-order valence-electron chi connectivity index (χ3n) is 5.11. The lowest BCUT2D eigenvalue weighted by Crippen LogP contribution is -2.11. The summed E-state index contributed by atoms with van der Waals surface area (Å²) in [4.78, 5) is 36.4. The van der Waals surface area contributed by atoms with E-state index in [-0.39, 0.29) is 15.6 Å². The molecule has 5 aromatic rings. The third-order valence-corrected chi connectivity index (χ3v) is 6.84. The molecule has 0 fully saturated rings. The smallest absolute Gasteiger partial charge is 0.344 e. The van der Waals surface area contributed by atoms with Gasteiger partial charge < -0.3 is 9.73 Å². The second-order valence-electron chi connectivity index (χ2n) is 7.18. The van der Waals surface area contributed by atoms with Crippen molar-refractivity contribution in [1.29, 1.82) is 0 Å².